The average Bonchev–Trinajstić information content (AvgIpc) is 3.30. The molecular weight excluding hydrogens is 248 g/mol. The Bertz CT molecular complexity index is 339. The van der Waals surface area contributed by atoms with Gasteiger partial charge < -0.3 is 10.2 Å². The van der Waals surface area contributed by atoms with Crippen molar-refractivity contribution in [3.63, 3.8) is 0 Å². The number of hydrogen-bond acceptors (Lipinski definition) is 2. The molecule has 114 valence electrons. The van der Waals surface area contributed by atoms with Gasteiger partial charge in [0.05, 0.1) is 5.54 Å². The second kappa shape index (κ2) is 6.05. The van der Waals surface area contributed by atoms with Gasteiger partial charge in [-0.05, 0) is 64.3 Å². The lowest BCUT2D eigenvalue weighted by Crippen LogP contribution is -2.59. The maximum absolute atomic E-state index is 13.0. The third-order valence-corrected chi connectivity index (χ3v) is 5.52. The first-order valence-corrected chi connectivity index (χ1v) is 8.75. The van der Waals surface area contributed by atoms with Gasteiger partial charge in [-0.15, -0.1) is 0 Å². The molecular formula is C17H30N2O. The number of carbonyl (C=O) groups excluding carboxylic acids is 1. The van der Waals surface area contributed by atoms with Gasteiger partial charge in [-0.2, -0.15) is 0 Å². The molecule has 3 rings (SSSR count). The fourth-order valence-electron chi connectivity index (χ4n) is 3.99. The van der Waals surface area contributed by atoms with Crippen molar-refractivity contribution >= 4 is 5.91 Å². The highest BCUT2D eigenvalue weighted by molar-refractivity contribution is 5.86. The van der Waals surface area contributed by atoms with Crippen LogP contribution in [0.5, 0.6) is 0 Å². The van der Waals surface area contributed by atoms with Gasteiger partial charge >= 0.3 is 0 Å². The molecule has 3 aliphatic rings. The standard InChI is InChI=1S/C17H30N2O/c1-17(11-5-6-12-18-17)16(20)19(15-9-10-15)13-14-7-3-2-4-8-14/h14-15,18H,2-13H2,1H3. The van der Waals surface area contributed by atoms with E-state index in [0.717, 1.165) is 25.4 Å². The van der Waals surface area contributed by atoms with Crippen LogP contribution in [0.25, 0.3) is 0 Å². The number of nitrogens with zero attached hydrogens (tertiary/aromatic N) is 1. The molecule has 0 radical (unpaired) electrons. The number of hydrogen-bond donors (Lipinski definition) is 1. The molecule has 20 heavy (non-hydrogen) atoms. The van der Waals surface area contributed by atoms with E-state index in [1.807, 2.05) is 0 Å². The number of nitrogens with one attached hydrogen (secondary N) is 1. The lowest BCUT2D eigenvalue weighted by molar-refractivity contribution is -0.140. The predicted octanol–water partition coefficient (Wildman–Crippen LogP) is 3.09. The van der Waals surface area contributed by atoms with Crippen LogP contribution in [0, 0.1) is 5.92 Å². The number of amides is 1. The molecule has 1 heterocycles. The van der Waals surface area contributed by atoms with Gasteiger partial charge in [-0.3, -0.25) is 4.79 Å². The van der Waals surface area contributed by atoms with Crippen LogP contribution in [-0.2, 0) is 4.79 Å². The van der Waals surface area contributed by atoms with Crippen LogP contribution in [0.3, 0.4) is 0 Å². The highest BCUT2D eigenvalue weighted by Gasteiger charge is 2.43. The van der Waals surface area contributed by atoms with Gasteiger partial charge in [0.25, 0.3) is 0 Å². The van der Waals surface area contributed by atoms with Crippen LogP contribution in [0.1, 0.15) is 71.1 Å². The van der Waals surface area contributed by atoms with E-state index in [9.17, 15) is 4.79 Å². The summed E-state index contributed by atoms with van der Waals surface area (Å²) in [6.45, 7) is 4.16. The van der Waals surface area contributed by atoms with Crippen LogP contribution >= 0.6 is 0 Å². The molecule has 1 amide bonds. The van der Waals surface area contributed by atoms with E-state index >= 15 is 0 Å². The maximum atomic E-state index is 13.0. The second-order valence-electron chi connectivity index (χ2n) is 7.41. The summed E-state index contributed by atoms with van der Waals surface area (Å²) in [5.41, 5.74) is -0.282. The van der Waals surface area contributed by atoms with Gasteiger partial charge in [-0.25, -0.2) is 0 Å². The van der Waals surface area contributed by atoms with E-state index in [1.54, 1.807) is 0 Å². The average molecular weight is 278 g/mol. The zero-order valence-electron chi connectivity index (χ0n) is 13.0. The van der Waals surface area contributed by atoms with E-state index in [2.05, 4.69) is 17.1 Å². The molecule has 3 fully saturated rings. The summed E-state index contributed by atoms with van der Waals surface area (Å²) in [5, 5.41) is 3.50. The van der Waals surface area contributed by atoms with E-state index in [4.69, 9.17) is 0 Å². The molecule has 0 aromatic rings. The van der Waals surface area contributed by atoms with Crippen molar-refractivity contribution in [3.05, 3.63) is 0 Å². The van der Waals surface area contributed by atoms with Crippen molar-refractivity contribution in [1.82, 2.24) is 10.2 Å². The Morgan fingerprint density at radius 3 is 2.45 bits per heavy atom. The first kappa shape index (κ1) is 14.4. The third kappa shape index (κ3) is 3.19. The Kier molecular flexibility index (Phi) is 4.34. The second-order valence-corrected chi connectivity index (χ2v) is 7.41. The van der Waals surface area contributed by atoms with Gasteiger partial charge in [0.1, 0.15) is 0 Å². The van der Waals surface area contributed by atoms with Crippen molar-refractivity contribution in [2.45, 2.75) is 82.7 Å². The van der Waals surface area contributed by atoms with Gasteiger partial charge in [-0.1, -0.05) is 19.3 Å². The lowest BCUT2D eigenvalue weighted by Gasteiger charge is -2.40. The van der Waals surface area contributed by atoms with Gasteiger partial charge in [0.2, 0.25) is 5.91 Å². The van der Waals surface area contributed by atoms with E-state index in [1.165, 1.54) is 57.8 Å². The molecule has 2 aliphatic carbocycles. The van der Waals surface area contributed by atoms with Gasteiger partial charge in [0, 0.05) is 12.6 Å². The lowest BCUT2D eigenvalue weighted by atomic mass is 9.86. The quantitative estimate of drug-likeness (QED) is 0.857. The molecule has 1 aliphatic heterocycles. The summed E-state index contributed by atoms with van der Waals surface area (Å²) in [6, 6.07) is 0.560. The minimum atomic E-state index is -0.282. The number of carbonyl (C=O) groups is 1. The minimum Gasteiger partial charge on any atom is -0.338 e. The minimum absolute atomic E-state index is 0.282. The van der Waals surface area contributed by atoms with Crippen molar-refractivity contribution in [2.24, 2.45) is 5.92 Å². The summed E-state index contributed by atoms with van der Waals surface area (Å²) in [4.78, 5) is 15.3. The topological polar surface area (TPSA) is 32.3 Å². The molecule has 0 bridgehead atoms. The Labute approximate surface area is 123 Å². The van der Waals surface area contributed by atoms with Crippen LogP contribution in [-0.4, -0.2) is 35.5 Å². The molecule has 2 saturated carbocycles. The SMILES string of the molecule is CC1(C(=O)N(CC2CCCCC2)C2CC2)CCCCN1. The smallest absolute Gasteiger partial charge is 0.242 e. The normalized spacial score (nSPS) is 32.0. The largest absolute Gasteiger partial charge is 0.338 e. The predicted molar refractivity (Wildman–Crippen MR) is 81.6 cm³/mol. The molecule has 1 atom stereocenters. The Morgan fingerprint density at radius 2 is 1.85 bits per heavy atom. The highest BCUT2D eigenvalue weighted by Crippen LogP contribution is 2.34. The van der Waals surface area contributed by atoms with Crippen LogP contribution in [0.2, 0.25) is 0 Å². The summed E-state index contributed by atoms with van der Waals surface area (Å²) in [7, 11) is 0. The molecule has 0 spiro atoms. The summed E-state index contributed by atoms with van der Waals surface area (Å²) >= 11 is 0. The van der Waals surface area contributed by atoms with Crippen molar-refractivity contribution in [2.75, 3.05) is 13.1 Å². The van der Waals surface area contributed by atoms with Crippen LogP contribution in [0.15, 0.2) is 0 Å². The fourth-order valence-corrected chi connectivity index (χ4v) is 3.99. The van der Waals surface area contributed by atoms with E-state index in [0.29, 0.717) is 11.9 Å². The van der Waals surface area contributed by atoms with Crippen LogP contribution < -0.4 is 5.32 Å². The molecule has 0 aromatic carbocycles. The molecule has 1 saturated heterocycles. The third-order valence-electron chi connectivity index (χ3n) is 5.52. The first-order valence-electron chi connectivity index (χ1n) is 8.75. The number of piperidine rings is 1. The van der Waals surface area contributed by atoms with Crippen LogP contribution in [0.4, 0.5) is 0 Å². The first-order chi connectivity index (χ1) is 9.69. The van der Waals surface area contributed by atoms with Gasteiger partial charge in [0.15, 0.2) is 0 Å². The molecule has 0 aromatic heterocycles. The zero-order chi connectivity index (χ0) is 14.0. The monoisotopic (exact) mass is 278 g/mol. The Balaban J connectivity index is 1.64. The summed E-state index contributed by atoms with van der Waals surface area (Å²) in [5.74, 6) is 1.16. The molecule has 1 N–H and O–H groups in total. The number of rotatable bonds is 4. The Morgan fingerprint density at radius 1 is 1.10 bits per heavy atom. The van der Waals surface area contributed by atoms with Crippen molar-refractivity contribution in [1.29, 1.82) is 0 Å². The molecule has 1 unspecified atom stereocenters. The molecule has 3 nitrogen and oxygen atoms in total. The summed E-state index contributed by atoms with van der Waals surface area (Å²) < 4.78 is 0. The van der Waals surface area contributed by atoms with E-state index in [-0.39, 0.29) is 5.54 Å². The van der Waals surface area contributed by atoms with E-state index < -0.39 is 0 Å². The molecule has 3 heteroatoms. The highest BCUT2D eigenvalue weighted by atomic mass is 16.2. The summed E-state index contributed by atoms with van der Waals surface area (Å²) in [6.07, 6.45) is 12.7. The fraction of sp³-hybridized carbons (Fsp3) is 0.941. The maximum Gasteiger partial charge on any atom is 0.242 e. The van der Waals surface area contributed by atoms with Crippen molar-refractivity contribution in [3.8, 4) is 0 Å². The van der Waals surface area contributed by atoms with Crippen molar-refractivity contribution < 1.29 is 4.79 Å². The zero-order valence-corrected chi connectivity index (χ0v) is 13.0. The Hall–Kier alpha value is -0.570.